The van der Waals surface area contributed by atoms with E-state index < -0.39 is 17.1 Å². The van der Waals surface area contributed by atoms with Crippen LogP contribution in [-0.2, 0) is 9.59 Å². The summed E-state index contributed by atoms with van der Waals surface area (Å²) < 4.78 is 16.4. The number of halogens is 1. The lowest BCUT2D eigenvalue weighted by Gasteiger charge is -2.18. The third-order valence-electron chi connectivity index (χ3n) is 7.80. The third kappa shape index (κ3) is 9.30. The van der Waals surface area contributed by atoms with Crippen molar-refractivity contribution in [2.75, 3.05) is 32.0 Å². The molecule has 0 spiro atoms. The average Bonchev–Trinajstić information content (AvgIpc) is 3.16. The van der Waals surface area contributed by atoms with Crippen LogP contribution in [0.2, 0.25) is 5.02 Å². The van der Waals surface area contributed by atoms with Gasteiger partial charge in [0.2, 0.25) is 5.91 Å². The van der Waals surface area contributed by atoms with E-state index in [1.165, 1.54) is 39.2 Å². The standard InChI is InChI=1S/C40H36ClN3O6S/c1-25-31(41)16-11-17-32(25)43-40(47)37(26-12-7-5-8-13-26)51-30-20-18-29(19-21-30)42-39(46)33(44-38(45)27-14-9-6-10-15-27)22-28-23-35(49-3)36(50-4)24-34(28)48-2/h5-24,37H,1-4H3,(H,42,46)(H,43,47)(H,44,45)/b33-22-. The number of hydrogen-bond donors (Lipinski definition) is 3. The first-order valence-corrected chi connectivity index (χ1v) is 17.0. The van der Waals surface area contributed by atoms with Crippen molar-refractivity contribution in [2.24, 2.45) is 0 Å². The lowest BCUT2D eigenvalue weighted by Crippen LogP contribution is -2.30. The van der Waals surface area contributed by atoms with Gasteiger partial charge in [-0.1, -0.05) is 66.2 Å². The highest BCUT2D eigenvalue weighted by atomic mass is 35.5. The van der Waals surface area contributed by atoms with Gasteiger partial charge in [0.15, 0.2) is 11.5 Å². The maximum Gasteiger partial charge on any atom is 0.272 e. The van der Waals surface area contributed by atoms with Crippen LogP contribution >= 0.6 is 23.4 Å². The maximum absolute atomic E-state index is 13.8. The minimum Gasteiger partial charge on any atom is -0.496 e. The zero-order valence-electron chi connectivity index (χ0n) is 28.4. The Morgan fingerprint density at radius 2 is 1.35 bits per heavy atom. The Labute approximate surface area is 306 Å². The van der Waals surface area contributed by atoms with E-state index in [1.54, 1.807) is 66.7 Å². The number of hydrogen-bond acceptors (Lipinski definition) is 7. The van der Waals surface area contributed by atoms with Crippen molar-refractivity contribution < 1.29 is 28.6 Å². The number of benzene rings is 5. The lowest BCUT2D eigenvalue weighted by molar-refractivity contribution is -0.116. The first-order chi connectivity index (χ1) is 24.7. The number of methoxy groups -OCH3 is 3. The Hall–Kier alpha value is -5.71. The van der Waals surface area contributed by atoms with Crippen molar-refractivity contribution >= 4 is 58.5 Å². The lowest BCUT2D eigenvalue weighted by atomic mass is 10.1. The predicted octanol–water partition coefficient (Wildman–Crippen LogP) is 8.56. The molecule has 0 heterocycles. The van der Waals surface area contributed by atoms with Crippen LogP contribution < -0.4 is 30.2 Å². The average molecular weight is 722 g/mol. The number of carbonyl (C=O) groups is 3. The molecule has 5 rings (SSSR count). The summed E-state index contributed by atoms with van der Waals surface area (Å²) >= 11 is 7.67. The Kier molecular flexibility index (Phi) is 12.4. The highest BCUT2D eigenvalue weighted by Gasteiger charge is 2.23. The van der Waals surface area contributed by atoms with Crippen LogP contribution in [0.1, 0.15) is 32.3 Å². The predicted molar refractivity (Wildman–Crippen MR) is 203 cm³/mol. The van der Waals surface area contributed by atoms with E-state index in [9.17, 15) is 14.4 Å². The van der Waals surface area contributed by atoms with Crippen LogP contribution in [0.15, 0.2) is 126 Å². The molecular weight excluding hydrogens is 686 g/mol. The van der Waals surface area contributed by atoms with E-state index in [1.807, 2.05) is 55.5 Å². The summed E-state index contributed by atoms with van der Waals surface area (Å²) in [6.45, 7) is 1.85. The van der Waals surface area contributed by atoms with Crippen LogP contribution in [0.3, 0.4) is 0 Å². The molecule has 3 N–H and O–H groups in total. The van der Waals surface area contributed by atoms with Gasteiger partial charge in [-0.3, -0.25) is 14.4 Å². The van der Waals surface area contributed by atoms with Crippen molar-refractivity contribution in [1.29, 1.82) is 0 Å². The first kappa shape index (κ1) is 36.6. The molecule has 9 nitrogen and oxygen atoms in total. The topological polar surface area (TPSA) is 115 Å². The zero-order valence-corrected chi connectivity index (χ0v) is 29.9. The first-order valence-electron chi connectivity index (χ1n) is 15.8. The monoisotopic (exact) mass is 721 g/mol. The molecule has 0 radical (unpaired) electrons. The molecule has 0 aliphatic heterocycles. The summed E-state index contributed by atoms with van der Waals surface area (Å²) in [5.41, 5.74) is 3.52. The Bertz CT molecular complexity index is 2040. The fraction of sp³-hybridized carbons (Fsp3) is 0.125. The largest absolute Gasteiger partial charge is 0.496 e. The molecule has 0 aromatic heterocycles. The van der Waals surface area contributed by atoms with E-state index in [-0.39, 0.29) is 11.6 Å². The van der Waals surface area contributed by atoms with E-state index >= 15 is 0 Å². The van der Waals surface area contributed by atoms with Crippen molar-refractivity contribution in [3.63, 3.8) is 0 Å². The molecule has 0 saturated carbocycles. The molecule has 0 bridgehead atoms. The Morgan fingerprint density at radius 1 is 0.725 bits per heavy atom. The fourth-order valence-electron chi connectivity index (χ4n) is 5.06. The fourth-order valence-corrected chi connectivity index (χ4v) is 6.26. The molecule has 11 heteroatoms. The zero-order chi connectivity index (χ0) is 36.3. The second-order valence-corrected chi connectivity index (χ2v) is 12.7. The van der Waals surface area contributed by atoms with E-state index in [4.69, 9.17) is 25.8 Å². The molecule has 5 aromatic carbocycles. The van der Waals surface area contributed by atoms with Gasteiger partial charge in [-0.05, 0) is 78.7 Å². The highest BCUT2D eigenvalue weighted by Crippen LogP contribution is 2.38. The van der Waals surface area contributed by atoms with Gasteiger partial charge < -0.3 is 30.2 Å². The Morgan fingerprint density at radius 3 is 2.00 bits per heavy atom. The van der Waals surface area contributed by atoms with Gasteiger partial charge >= 0.3 is 0 Å². The van der Waals surface area contributed by atoms with Crippen molar-refractivity contribution in [1.82, 2.24) is 5.32 Å². The number of ether oxygens (including phenoxy) is 3. The maximum atomic E-state index is 13.8. The van der Waals surface area contributed by atoms with Crippen LogP contribution in [0, 0.1) is 6.92 Å². The summed E-state index contributed by atoms with van der Waals surface area (Å²) in [5, 5.41) is 8.62. The van der Waals surface area contributed by atoms with Crippen molar-refractivity contribution in [3.8, 4) is 17.2 Å². The highest BCUT2D eigenvalue weighted by molar-refractivity contribution is 8.00. The molecule has 0 saturated heterocycles. The second kappa shape index (κ2) is 17.3. The quantitative estimate of drug-likeness (QED) is 0.0825. The van der Waals surface area contributed by atoms with Crippen LogP contribution in [-0.4, -0.2) is 39.1 Å². The molecule has 260 valence electrons. The van der Waals surface area contributed by atoms with Crippen molar-refractivity contribution in [2.45, 2.75) is 17.1 Å². The van der Waals surface area contributed by atoms with E-state index in [0.717, 1.165) is 16.0 Å². The number of rotatable bonds is 13. The van der Waals surface area contributed by atoms with Gasteiger partial charge in [-0.2, -0.15) is 0 Å². The number of carbonyl (C=O) groups excluding carboxylic acids is 3. The number of nitrogens with one attached hydrogen (secondary N) is 3. The smallest absolute Gasteiger partial charge is 0.272 e. The number of anilines is 2. The molecule has 0 aliphatic carbocycles. The Balaban J connectivity index is 1.39. The van der Waals surface area contributed by atoms with Gasteiger partial charge in [-0.25, -0.2) is 0 Å². The minimum absolute atomic E-state index is 0.0371. The third-order valence-corrected chi connectivity index (χ3v) is 9.47. The van der Waals surface area contributed by atoms with E-state index in [0.29, 0.717) is 44.8 Å². The minimum atomic E-state index is -0.579. The van der Waals surface area contributed by atoms with Gasteiger partial charge in [0.25, 0.3) is 11.8 Å². The normalized spacial score (nSPS) is 11.6. The molecule has 0 fully saturated rings. The molecule has 3 amide bonds. The molecule has 0 aliphatic rings. The molecule has 1 unspecified atom stereocenters. The summed E-state index contributed by atoms with van der Waals surface area (Å²) in [6.07, 6.45) is 1.51. The number of thioether (sulfide) groups is 1. The van der Waals surface area contributed by atoms with E-state index in [2.05, 4.69) is 16.0 Å². The second-order valence-electron chi connectivity index (χ2n) is 11.1. The molecule has 51 heavy (non-hydrogen) atoms. The summed E-state index contributed by atoms with van der Waals surface area (Å²) in [7, 11) is 4.50. The van der Waals surface area contributed by atoms with Gasteiger partial charge in [0.05, 0.1) is 21.3 Å². The van der Waals surface area contributed by atoms with Gasteiger partial charge in [0, 0.05) is 38.5 Å². The number of amides is 3. The van der Waals surface area contributed by atoms with Crippen LogP contribution in [0.4, 0.5) is 11.4 Å². The van der Waals surface area contributed by atoms with Crippen molar-refractivity contribution in [3.05, 3.63) is 148 Å². The van der Waals surface area contributed by atoms with Gasteiger partial charge in [0.1, 0.15) is 16.7 Å². The molecule has 5 aromatic rings. The SMILES string of the molecule is COc1cc(OC)c(OC)cc1/C=C(\NC(=O)c1ccccc1)C(=O)Nc1ccc(SC(C(=O)Nc2cccc(Cl)c2C)c2ccccc2)cc1. The van der Waals surface area contributed by atoms with Crippen LogP contribution in [0.5, 0.6) is 17.2 Å². The summed E-state index contributed by atoms with van der Waals surface area (Å²) in [6, 6.07) is 33.8. The van der Waals surface area contributed by atoms with Crippen LogP contribution in [0.25, 0.3) is 6.08 Å². The molecular formula is C40H36ClN3O6S. The molecule has 1 atom stereocenters. The summed E-state index contributed by atoms with van der Waals surface area (Å²) in [4.78, 5) is 41.4. The van der Waals surface area contributed by atoms with Gasteiger partial charge in [-0.15, -0.1) is 11.8 Å². The summed E-state index contributed by atoms with van der Waals surface area (Å²) in [5.74, 6) is 0.00273.